The molecule has 1 rings (SSSR count). The van der Waals surface area contributed by atoms with Crippen molar-refractivity contribution in [1.82, 2.24) is 0 Å². The Morgan fingerprint density at radius 3 is 2.72 bits per heavy atom. The van der Waals surface area contributed by atoms with Crippen LogP contribution < -0.4 is 11.1 Å². The van der Waals surface area contributed by atoms with Crippen molar-refractivity contribution in [2.45, 2.75) is 25.1 Å². The lowest BCUT2D eigenvalue weighted by Gasteiger charge is -2.22. The van der Waals surface area contributed by atoms with Gasteiger partial charge in [-0.05, 0) is 38.3 Å². The van der Waals surface area contributed by atoms with Crippen LogP contribution in [0.2, 0.25) is 0 Å². The highest BCUT2D eigenvalue weighted by Crippen LogP contribution is 2.21. The number of hydrogen-bond acceptors (Lipinski definition) is 5. The first-order valence-electron chi connectivity index (χ1n) is 5.80. The molecule has 2 atom stereocenters. The minimum absolute atomic E-state index is 0.0487. The highest BCUT2D eigenvalue weighted by Gasteiger charge is 2.15. The lowest BCUT2D eigenvalue weighted by atomic mass is 10.1. The van der Waals surface area contributed by atoms with Crippen molar-refractivity contribution < 1.29 is 9.90 Å². The van der Waals surface area contributed by atoms with Crippen LogP contribution in [0.25, 0.3) is 0 Å². The van der Waals surface area contributed by atoms with Crippen LogP contribution in [0.15, 0.2) is 18.2 Å². The lowest BCUT2D eigenvalue weighted by molar-refractivity contribution is 0.101. The molecule has 0 aromatic heterocycles. The number of carbonyl (C=O) groups excluding carboxylic acids is 1. The van der Waals surface area contributed by atoms with E-state index in [2.05, 4.69) is 5.32 Å². The van der Waals surface area contributed by atoms with Crippen molar-refractivity contribution in [3.63, 3.8) is 0 Å². The molecule has 2 unspecified atom stereocenters. The molecule has 0 aliphatic heterocycles. The van der Waals surface area contributed by atoms with Crippen LogP contribution in [0.1, 0.15) is 24.2 Å². The Balaban J connectivity index is 2.85. The molecule has 0 saturated carbocycles. The van der Waals surface area contributed by atoms with E-state index in [4.69, 9.17) is 5.73 Å². The predicted octanol–water partition coefficient (Wildman–Crippen LogP) is 2.00. The van der Waals surface area contributed by atoms with E-state index in [9.17, 15) is 9.90 Å². The Bertz CT molecular complexity index is 419. The number of thioether (sulfide) groups is 1. The first-order chi connectivity index (χ1) is 8.49. The number of nitrogen functional groups attached to an aromatic ring is 1. The van der Waals surface area contributed by atoms with Gasteiger partial charge in [-0.3, -0.25) is 4.79 Å². The average molecular weight is 268 g/mol. The van der Waals surface area contributed by atoms with Crippen molar-refractivity contribution in [3.8, 4) is 0 Å². The largest absolute Gasteiger partial charge is 0.398 e. The van der Waals surface area contributed by atoms with Gasteiger partial charge in [-0.15, -0.1) is 0 Å². The summed E-state index contributed by atoms with van der Waals surface area (Å²) in [6.07, 6.45) is 1.96. The second kappa shape index (κ2) is 6.66. The number of rotatable bonds is 6. The zero-order valence-corrected chi connectivity index (χ0v) is 11.8. The third-order valence-electron chi connectivity index (χ3n) is 2.87. The van der Waals surface area contributed by atoms with Crippen LogP contribution in [-0.4, -0.2) is 35.0 Å². The summed E-state index contributed by atoms with van der Waals surface area (Å²) in [5, 5.41) is 12.6. The number of carbonyl (C=O) groups is 1. The van der Waals surface area contributed by atoms with Crippen molar-refractivity contribution in [1.29, 1.82) is 0 Å². The van der Waals surface area contributed by atoms with Crippen LogP contribution in [0.4, 0.5) is 11.4 Å². The zero-order chi connectivity index (χ0) is 13.7. The summed E-state index contributed by atoms with van der Waals surface area (Å²) in [7, 11) is 0. The number of ketones is 1. The summed E-state index contributed by atoms with van der Waals surface area (Å²) in [5.41, 5.74) is 7.60. The van der Waals surface area contributed by atoms with Crippen molar-refractivity contribution in [2.75, 3.05) is 23.9 Å². The van der Waals surface area contributed by atoms with Gasteiger partial charge >= 0.3 is 0 Å². The number of benzene rings is 1. The van der Waals surface area contributed by atoms with E-state index in [1.165, 1.54) is 6.92 Å². The van der Waals surface area contributed by atoms with E-state index < -0.39 is 0 Å². The maximum absolute atomic E-state index is 11.4. The summed E-state index contributed by atoms with van der Waals surface area (Å²) < 4.78 is 0. The molecule has 0 radical (unpaired) electrons. The summed E-state index contributed by atoms with van der Waals surface area (Å²) >= 11 is 1.61. The standard InChI is InChI=1S/C13H20N2O2S/c1-8(13(7-16)18-3)15-10-4-5-12(14)11(6-10)9(2)17/h4-6,8,13,15-16H,7,14H2,1-3H3. The molecule has 0 heterocycles. The number of nitrogens with two attached hydrogens (primary N) is 1. The highest BCUT2D eigenvalue weighted by molar-refractivity contribution is 7.99. The van der Waals surface area contributed by atoms with Crippen LogP contribution in [-0.2, 0) is 0 Å². The Labute approximate surface area is 112 Å². The normalized spacial score (nSPS) is 14.0. The lowest BCUT2D eigenvalue weighted by Crippen LogP contribution is -2.31. The van der Waals surface area contributed by atoms with Gasteiger partial charge in [0.05, 0.1) is 6.61 Å². The van der Waals surface area contributed by atoms with Gasteiger partial charge in [-0.25, -0.2) is 0 Å². The predicted molar refractivity (Wildman–Crippen MR) is 78.3 cm³/mol. The minimum Gasteiger partial charge on any atom is -0.398 e. The van der Waals surface area contributed by atoms with Crippen molar-refractivity contribution in [3.05, 3.63) is 23.8 Å². The molecule has 0 aliphatic rings. The van der Waals surface area contributed by atoms with Crippen LogP contribution in [0, 0.1) is 0 Å². The summed E-state index contributed by atoms with van der Waals surface area (Å²) in [5.74, 6) is -0.0487. The quantitative estimate of drug-likeness (QED) is 0.543. The molecule has 4 N–H and O–H groups in total. The molecule has 5 heteroatoms. The second-order valence-electron chi connectivity index (χ2n) is 4.25. The monoisotopic (exact) mass is 268 g/mol. The van der Waals surface area contributed by atoms with Crippen molar-refractivity contribution in [2.24, 2.45) is 0 Å². The Morgan fingerprint density at radius 2 is 2.22 bits per heavy atom. The molecule has 100 valence electrons. The third kappa shape index (κ3) is 3.65. The summed E-state index contributed by atoms with van der Waals surface area (Å²) in [4.78, 5) is 11.4. The van der Waals surface area contributed by atoms with E-state index in [-0.39, 0.29) is 23.7 Å². The SMILES string of the molecule is CSC(CO)C(C)Nc1ccc(N)c(C(C)=O)c1. The molecular weight excluding hydrogens is 248 g/mol. The Hall–Kier alpha value is -1.20. The fourth-order valence-corrected chi connectivity index (χ4v) is 2.37. The smallest absolute Gasteiger partial charge is 0.161 e. The molecule has 0 fully saturated rings. The number of aliphatic hydroxyl groups is 1. The molecule has 1 aromatic rings. The van der Waals surface area contributed by atoms with Gasteiger partial charge in [-0.2, -0.15) is 11.8 Å². The molecule has 18 heavy (non-hydrogen) atoms. The van der Waals surface area contributed by atoms with E-state index in [0.29, 0.717) is 11.3 Å². The van der Waals surface area contributed by atoms with E-state index >= 15 is 0 Å². The Morgan fingerprint density at radius 1 is 1.56 bits per heavy atom. The van der Waals surface area contributed by atoms with Crippen LogP contribution in [0.5, 0.6) is 0 Å². The number of anilines is 2. The molecule has 0 amide bonds. The van der Waals surface area contributed by atoms with Gasteiger partial charge in [0.2, 0.25) is 0 Å². The average Bonchev–Trinajstić information content (AvgIpc) is 2.32. The maximum Gasteiger partial charge on any atom is 0.161 e. The van der Waals surface area contributed by atoms with E-state index in [0.717, 1.165) is 5.69 Å². The van der Waals surface area contributed by atoms with Gasteiger partial charge in [0.15, 0.2) is 5.78 Å². The first kappa shape index (κ1) is 14.9. The minimum atomic E-state index is -0.0487. The van der Waals surface area contributed by atoms with E-state index in [1.54, 1.807) is 23.9 Å². The molecular formula is C13H20N2O2S. The number of hydrogen-bond donors (Lipinski definition) is 3. The van der Waals surface area contributed by atoms with Gasteiger partial charge in [-0.1, -0.05) is 0 Å². The molecule has 0 aliphatic carbocycles. The Kier molecular flexibility index (Phi) is 5.50. The fourth-order valence-electron chi connectivity index (χ4n) is 1.74. The summed E-state index contributed by atoms with van der Waals surface area (Å²) in [6, 6.07) is 5.42. The van der Waals surface area contributed by atoms with Crippen LogP contribution >= 0.6 is 11.8 Å². The fraction of sp³-hybridized carbons (Fsp3) is 0.462. The molecule has 4 nitrogen and oxygen atoms in total. The van der Waals surface area contributed by atoms with Gasteiger partial charge in [0.1, 0.15) is 0 Å². The topological polar surface area (TPSA) is 75.3 Å². The van der Waals surface area contributed by atoms with Gasteiger partial charge in [0.25, 0.3) is 0 Å². The van der Waals surface area contributed by atoms with Gasteiger partial charge < -0.3 is 16.2 Å². The number of nitrogens with one attached hydrogen (secondary N) is 1. The van der Waals surface area contributed by atoms with Crippen LogP contribution in [0.3, 0.4) is 0 Å². The molecule has 1 aromatic carbocycles. The number of Topliss-reactive ketones (excluding diaryl/α,β-unsaturated/α-hetero) is 1. The molecule has 0 spiro atoms. The van der Waals surface area contributed by atoms with E-state index in [1.807, 2.05) is 19.2 Å². The van der Waals surface area contributed by atoms with Crippen molar-refractivity contribution >= 4 is 28.9 Å². The highest BCUT2D eigenvalue weighted by atomic mass is 32.2. The molecule has 0 bridgehead atoms. The molecule has 0 saturated heterocycles. The maximum atomic E-state index is 11.4. The zero-order valence-electron chi connectivity index (χ0n) is 10.9. The number of aliphatic hydroxyl groups excluding tert-OH is 1. The second-order valence-corrected chi connectivity index (χ2v) is 5.32. The third-order valence-corrected chi connectivity index (χ3v) is 4.03. The van der Waals surface area contributed by atoms with Gasteiger partial charge in [0, 0.05) is 28.2 Å². The first-order valence-corrected chi connectivity index (χ1v) is 7.09. The summed E-state index contributed by atoms with van der Waals surface area (Å²) in [6.45, 7) is 3.61.